The van der Waals surface area contributed by atoms with E-state index in [1.165, 1.54) is 30.5 Å². The number of hydrogen-bond donors (Lipinski definition) is 1. The lowest BCUT2D eigenvalue weighted by molar-refractivity contribution is 0.256. The topological polar surface area (TPSA) is 15.3 Å². The van der Waals surface area contributed by atoms with Crippen molar-refractivity contribution in [2.75, 3.05) is 31.6 Å². The predicted molar refractivity (Wildman–Crippen MR) is 90.6 cm³/mol. The van der Waals surface area contributed by atoms with Crippen LogP contribution in [0.1, 0.15) is 45.6 Å². The molecular formula is C18H32N2. The van der Waals surface area contributed by atoms with Gasteiger partial charge in [-0.15, -0.1) is 0 Å². The van der Waals surface area contributed by atoms with E-state index in [0.29, 0.717) is 5.41 Å². The number of anilines is 1. The van der Waals surface area contributed by atoms with Crippen molar-refractivity contribution in [2.45, 2.75) is 47.0 Å². The van der Waals surface area contributed by atoms with Gasteiger partial charge in [0.05, 0.1) is 0 Å². The zero-order chi connectivity index (χ0) is 15.0. The Morgan fingerprint density at radius 3 is 2.15 bits per heavy atom. The molecule has 0 saturated heterocycles. The minimum absolute atomic E-state index is 0.370. The van der Waals surface area contributed by atoms with Gasteiger partial charge in [0, 0.05) is 25.8 Å². The molecular weight excluding hydrogens is 244 g/mol. The Balaban J connectivity index is 2.70. The van der Waals surface area contributed by atoms with Gasteiger partial charge in [0.1, 0.15) is 0 Å². The van der Waals surface area contributed by atoms with Crippen LogP contribution in [0.2, 0.25) is 0 Å². The van der Waals surface area contributed by atoms with Crippen molar-refractivity contribution in [1.29, 1.82) is 0 Å². The molecule has 1 N–H and O–H groups in total. The van der Waals surface area contributed by atoms with Gasteiger partial charge in [0.15, 0.2) is 0 Å². The van der Waals surface area contributed by atoms with Crippen LogP contribution >= 0.6 is 0 Å². The maximum atomic E-state index is 3.62. The Morgan fingerprint density at radius 1 is 1.05 bits per heavy atom. The van der Waals surface area contributed by atoms with Crippen LogP contribution in [0, 0.1) is 12.3 Å². The second-order valence-electron chi connectivity index (χ2n) is 6.08. The normalized spacial score (nSPS) is 11.7. The lowest BCUT2D eigenvalue weighted by Gasteiger charge is -2.37. The summed E-state index contributed by atoms with van der Waals surface area (Å²) >= 11 is 0. The van der Waals surface area contributed by atoms with E-state index in [4.69, 9.17) is 0 Å². The van der Waals surface area contributed by atoms with Gasteiger partial charge in [-0.25, -0.2) is 0 Å². The van der Waals surface area contributed by atoms with Crippen molar-refractivity contribution in [3.8, 4) is 0 Å². The van der Waals surface area contributed by atoms with Crippen LogP contribution in [0.3, 0.4) is 0 Å². The van der Waals surface area contributed by atoms with E-state index in [1.807, 2.05) is 0 Å². The summed E-state index contributed by atoms with van der Waals surface area (Å²) in [5, 5.41) is 3.62. The molecule has 1 aromatic carbocycles. The van der Waals surface area contributed by atoms with Gasteiger partial charge in [-0.1, -0.05) is 38.5 Å². The van der Waals surface area contributed by atoms with Crippen LogP contribution in [0.25, 0.3) is 0 Å². The molecule has 0 amide bonds. The number of aryl methyl sites for hydroxylation is 1. The summed E-state index contributed by atoms with van der Waals surface area (Å²) in [5.74, 6) is 0. The average molecular weight is 276 g/mol. The smallest absolute Gasteiger partial charge is 0.0363 e. The largest absolute Gasteiger partial charge is 0.374 e. The summed E-state index contributed by atoms with van der Waals surface area (Å²) in [5.41, 5.74) is 3.01. The van der Waals surface area contributed by atoms with Gasteiger partial charge in [0.2, 0.25) is 0 Å². The van der Waals surface area contributed by atoms with Crippen LogP contribution in [0.5, 0.6) is 0 Å². The predicted octanol–water partition coefficient (Wildman–Crippen LogP) is 4.24. The molecule has 0 aliphatic heterocycles. The van der Waals surface area contributed by atoms with E-state index in [-0.39, 0.29) is 0 Å². The highest BCUT2D eigenvalue weighted by Crippen LogP contribution is 2.28. The molecule has 2 heteroatoms. The molecule has 0 unspecified atom stereocenters. The molecule has 2 nitrogen and oxygen atoms in total. The summed E-state index contributed by atoms with van der Waals surface area (Å²) in [4.78, 5) is 2.40. The van der Waals surface area contributed by atoms with E-state index >= 15 is 0 Å². The van der Waals surface area contributed by atoms with E-state index in [1.54, 1.807) is 0 Å². The zero-order valence-corrected chi connectivity index (χ0v) is 14.0. The van der Waals surface area contributed by atoms with Crippen molar-refractivity contribution in [2.24, 2.45) is 5.41 Å². The van der Waals surface area contributed by atoms with Crippen molar-refractivity contribution in [1.82, 2.24) is 5.32 Å². The fourth-order valence-corrected chi connectivity index (χ4v) is 2.70. The molecule has 0 bridgehead atoms. The number of nitrogens with zero attached hydrogens (tertiary/aromatic N) is 1. The fraction of sp³-hybridized carbons (Fsp3) is 0.667. The standard InChI is InChI=1S/C18H32N2/c1-6-13-19-14-18(7-2,8-3)15-20(5)17-11-9-16(4)10-12-17/h9-12,19H,6-8,13-15H2,1-5H3. The van der Waals surface area contributed by atoms with Crippen LogP contribution in [0.15, 0.2) is 24.3 Å². The van der Waals surface area contributed by atoms with Crippen molar-refractivity contribution >= 4 is 5.69 Å². The van der Waals surface area contributed by atoms with Crippen molar-refractivity contribution < 1.29 is 0 Å². The lowest BCUT2D eigenvalue weighted by atomic mass is 9.81. The molecule has 0 atom stereocenters. The van der Waals surface area contributed by atoms with Crippen molar-refractivity contribution in [3.63, 3.8) is 0 Å². The third-order valence-corrected chi connectivity index (χ3v) is 4.47. The minimum Gasteiger partial charge on any atom is -0.374 e. The molecule has 20 heavy (non-hydrogen) atoms. The van der Waals surface area contributed by atoms with Gasteiger partial charge < -0.3 is 10.2 Å². The second-order valence-corrected chi connectivity index (χ2v) is 6.08. The molecule has 0 saturated carbocycles. The third kappa shape index (κ3) is 4.82. The fourth-order valence-electron chi connectivity index (χ4n) is 2.70. The van der Waals surface area contributed by atoms with Gasteiger partial charge in [-0.05, 0) is 50.3 Å². The molecule has 0 aliphatic rings. The highest BCUT2D eigenvalue weighted by molar-refractivity contribution is 5.46. The SMILES string of the molecule is CCCNCC(CC)(CC)CN(C)c1ccc(C)cc1. The highest BCUT2D eigenvalue weighted by Gasteiger charge is 2.27. The second kappa shape index (κ2) is 8.31. The molecule has 0 radical (unpaired) electrons. The summed E-state index contributed by atoms with van der Waals surface area (Å²) in [6.45, 7) is 12.4. The van der Waals surface area contributed by atoms with Gasteiger partial charge >= 0.3 is 0 Å². The monoisotopic (exact) mass is 276 g/mol. The lowest BCUT2D eigenvalue weighted by Crippen LogP contribution is -2.42. The Labute approximate surface area is 125 Å². The maximum absolute atomic E-state index is 3.62. The number of benzene rings is 1. The third-order valence-electron chi connectivity index (χ3n) is 4.47. The van der Waals surface area contributed by atoms with E-state index in [2.05, 4.69) is 69.2 Å². The van der Waals surface area contributed by atoms with Gasteiger partial charge in [-0.3, -0.25) is 0 Å². The Bertz CT molecular complexity index is 366. The molecule has 1 aromatic rings. The number of nitrogens with one attached hydrogen (secondary N) is 1. The number of hydrogen-bond acceptors (Lipinski definition) is 2. The molecule has 0 aromatic heterocycles. The zero-order valence-electron chi connectivity index (χ0n) is 14.0. The Morgan fingerprint density at radius 2 is 1.65 bits per heavy atom. The average Bonchev–Trinajstić information content (AvgIpc) is 2.47. The minimum atomic E-state index is 0.370. The first kappa shape index (κ1) is 17.0. The summed E-state index contributed by atoms with van der Waals surface area (Å²) in [6.07, 6.45) is 3.64. The van der Waals surface area contributed by atoms with Crippen LogP contribution in [-0.4, -0.2) is 26.7 Å². The van der Waals surface area contributed by atoms with Crippen LogP contribution < -0.4 is 10.2 Å². The maximum Gasteiger partial charge on any atom is 0.0363 e. The van der Waals surface area contributed by atoms with Gasteiger partial charge in [0.25, 0.3) is 0 Å². The van der Waals surface area contributed by atoms with E-state index in [0.717, 1.165) is 19.6 Å². The molecule has 0 fully saturated rings. The molecule has 0 spiro atoms. The first-order valence-corrected chi connectivity index (χ1v) is 8.05. The van der Waals surface area contributed by atoms with Crippen LogP contribution in [-0.2, 0) is 0 Å². The molecule has 1 rings (SSSR count). The molecule has 114 valence electrons. The number of rotatable bonds is 9. The summed E-state index contributed by atoms with van der Waals surface area (Å²) < 4.78 is 0. The first-order chi connectivity index (χ1) is 9.56. The highest BCUT2D eigenvalue weighted by atomic mass is 15.1. The molecule has 0 aliphatic carbocycles. The van der Waals surface area contributed by atoms with Crippen molar-refractivity contribution in [3.05, 3.63) is 29.8 Å². The summed E-state index contributed by atoms with van der Waals surface area (Å²) in [7, 11) is 2.21. The van der Waals surface area contributed by atoms with E-state index in [9.17, 15) is 0 Å². The quantitative estimate of drug-likeness (QED) is 0.679. The summed E-state index contributed by atoms with van der Waals surface area (Å²) in [6, 6.07) is 8.84. The Hall–Kier alpha value is -1.02. The van der Waals surface area contributed by atoms with Gasteiger partial charge in [-0.2, -0.15) is 0 Å². The molecule has 0 heterocycles. The van der Waals surface area contributed by atoms with E-state index < -0.39 is 0 Å². The Kier molecular flexibility index (Phi) is 7.08. The van der Waals surface area contributed by atoms with Crippen LogP contribution in [0.4, 0.5) is 5.69 Å². The first-order valence-electron chi connectivity index (χ1n) is 8.05.